The molecule has 7 aromatic rings. The van der Waals surface area contributed by atoms with Gasteiger partial charge in [0.15, 0.2) is 0 Å². The molecule has 0 N–H and O–H groups in total. The molecular formula is C45H39NO2P2Te. The van der Waals surface area contributed by atoms with Gasteiger partial charge in [-0.05, 0) is 72.8 Å². The van der Waals surface area contributed by atoms with Crippen molar-refractivity contribution in [2.45, 2.75) is 10.9 Å². The van der Waals surface area contributed by atoms with Gasteiger partial charge < -0.3 is 0 Å². The summed E-state index contributed by atoms with van der Waals surface area (Å²) in [4.78, 5) is 10.4. The molecule has 0 spiro atoms. The van der Waals surface area contributed by atoms with Crippen molar-refractivity contribution in [1.82, 2.24) is 4.17 Å². The fraction of sp³-hybridized carbons (Fsp3) is 0.0444. The smallest absolute Gasteiger partial charge is 0.148 e. The van der Waals surface area contributed by atoms with Crippen LogP contribution < -0.4 is 44.7 Å². The number of rotatable bonds is 9. The van der Waals surface area contributed by atoms with E-state index in [1.54, 1.807) is 6.92 Å². The maximum Gasteiger partial charge on any atom is 0.301 e. The maximum atomic E-state index is 10.4. The summed E-state index contributed by atoms with van der Waals surface area (Å²) in [5, 5.41) is 18.0. The third kappa shape index (κ3) is 8.30. The summed E-state index contributed by atoms with van der Waals surface area (Å²) < 4.78 is 7.27. The molecule has 1 atom stereocenters. The summed E-state index contributed by atoms with van der Waals surface area (Å²) in [5.41, 5.74) is 0. The van der Waals surface area contributed by atoms with E-state index in [0.717, 1.165) is 0 Å². The predicted molar refractivity (Wildman–Crippen MR) is 219 cm³/mol. The number of aliphatic carboxylic acids is 1. The quantitative estimate of drug-likeness (QED) is 0.102. The first-order valence-electron chi connectivity index (χ1n) is 16.8. The van der Waals surface area contributed by atoms with Gasteiger partial charge in [-0.25, -0.2) is 0 Å². The summed E-state index contributed by atoms with van der Waals surface area (Å²) in [6.45, 7) is 1.71. The Bertz CT molecular complexity index is 1910. The van der Waals surface area contributed by atoms with Crippen LogP contribution in [-0.2, 0) is 4.79 Å². The van der Waals surface area contributed by atoms with E-state index in [1.807, 2.05) is 30.3 Å². The molecule has 0 fully saturated rings. The average Bonchev–Trinajstić information content (AvgIpc) is 3.21. The van der Waals surface area contributed by atoms with Crippen LogP contribution in [0.5, 0.6) is 0 Å². The Morgan fingerprint density at radius 1 is 0.431 bits per heavy atom. The number of benzene rings is 7. The van der Waals surface area contributed by atoms with Crippen molar-refractivity contribution in [3.05, 3.63) is 212 Å². The molecule has 1 unspecified atom stereocenters. The van der Waals surface area contributed by atoms with Crippen LogP contribution in [0.2, 0.25) is 3.97 Å². The Morgan fingerprint density at radius 2 is 0.647 bits per heavy atom. The zero-order valence-corrected chi connectivity index (χ0v) is 32.5. The summed E-state index contributed by atoms with van der Waals surface area (Å²) in [5.74, 6) is -0.929. The molecule has 0 heterocycles. The van der Waals surface area contributed by atoms with Crippen LogP contribution >= 0.6 is 14.1 Å². The van der Waals surface area contributed by atoms with Crippen LogP contribution in [0, 0.1) is 0 Å². The number of carboxylic acid groups (broad SMARTS) is 1. The van der Waals surface area contributed by atoms with Crippen molar-refractivity contribution in [3.63, 3.8) is 0 Å². The van der Waals surface area contributed by atoms with Crippen molar-refractivity contribution in [3.8, 4) is 0 Å². The minimum atomic E-state index is -2.50. The Labute approximate surface area is 311 Å². The number of carboxylic acids is 1. The molecule has 0 bridgehead atoms. The van der Waals surface area contributed by atoms with Crippen LogP contribution in [-0.4, -0.2) is 26.9 Å². The van der Waals surface area contributed by atoms with Crippen LogP contribution in [0.25, 0.3) is 0 Å². The predicted octanol–water partition coefficient (Wildman–Crippen LogP) is 5.98. The zero-order chi connectivity index (χ0) is 35.4. The average molecular weight is 815 g/mol. The van der Waals surface area contributed by atoms with Gasteiger partial charge in [0.25, 0.3) is 0 Å². The van der Waals surface area contributed by atoms with Gasteiger partial charge in [-0.2, -0.15) is 0 Å². The fourth-order valence-corrected chi connectivity index (χ4v) is 17.9. The van der Waals surface area contributed by atoms with Crippen molar-refractivity contribution in [1.29, 1.82) is 0 Å². The summed E-state index contributed by atoms with van der Waals surface area (Å²) in [6.07, 6.45) is 0. The molecule has 3 nitrogen and oxygen atoms in total. The summed E-state index contributed by atoms with van der Waals surface area (Å²) >= 11 is -0.617. The SMILES string of the molecule is CC([Te]c1ccccc1)C(=O)[O-].c1ccc(P(=[N+]=P(c2ccccc2)(c2ccccc2)c2ccccc2)(c2ccccc2)c2ccccc2)cc1. The molecule has 0 aliphatic rings. The van der Waals surface area contributed by atoms with Gasteiger partial charge in [0.2, 0.25) is 0 Å². The fourth-order valence-electron chi connectivity index (χ4n) is 6.02. The van der Waals surface area contributed by atoms with E-state index in [9.17, 15) is 9.90 Å². The zero-order valence-electron chi connectivity index (χ0n) is 28.4. The molecule has 0 aliphatic heterocycles. The summed E-state index contributed by atoms with van der Waals surface area (Å²) in [6, 6.07) is 75.4. The number of hydrogen-bond donors (Lipinski definition) is 0. The van der Waals surface area contributed by atoms with Crippen LogP contribution in [0.3, 0.4) is 0 Å². The number of nitrogens with zero attached hydrogens (tertiary/aromatic N) is 1. The summed E-state index contributed by atoms with van der Waals surface area (Å²) in [7, 11) is -4.99. The van der Waals surface area contributed by atoms with E-state index in [1.165, 1.54) is 35.4 Å². The van der Waals surface area contributed by atoms with Gasteiger partial charge >= 0.3 is 95.7 Å². The third-order valence-corrected chi connectivity index (χ3v) is 20.0. The van der Waals surface area contributed by atoms with Crippen LogP contribution in [0.1, 0.15) is 6.92 Å². The number of hydrogen-bond acceptors (Lipinski definition) is 2. The molecule has 7 aromatic carbocycles. The van der Waals surface area contributed by atoms with E-state index >= 15 is 0 Å². The largest absolute Gasteiger partial charge is 0.301 e. The normalized spacial score (nSPS) is 11.7. The van der Waals surface area contributed by atoms with Gasteiger partial charge in [-0.1, -0.05) is 109 Å². The van der Waals surface area contributed by atoms with E-state index in [-0.39, 0.29) is 3.97 Å². The van der Waals surface area contributed by atoms with Gasteiger partial charge in [-0.3, -0.25) is 0 Å². The van der Waals surface area contributed by atoms with Crippen molar-refractivity contribution < 1.29 is 9.90 Å². The molecule has 7 rings (SSSR count). The standard InChI is InChI=1S/C36H30NP2.C9H10O2Te/c1-7-19-31(20-8-1)38(32-21-9-2-10-22-32,33-23-11-3-12-24-33)37-39(34-25-13-4-14-26-34,35-27-15-5-16-28-35)36-29-17-6-18-30-36;1-7(9(10)11)12-8-5-3-2-4-6-8/h1-30H;2-7H,1H3,(H,10,11)/q+1;/p-1. The second-order valence-corrected chi connectivity index (χ2v) is 22.2. The molecule has 0 aromatic heterocycles. The van der Waals surface area contributed by atoms with Crippen molar-refractivity contribution >= 4 is 76.4 Å². The second-order valence-electron chi connectivity index (χ2n) is 11.8. The first kappa shape index (κ1) is 36.2. The molecule has 0 amide bonds. The Balaban J connectivity index is 0.000000318. The van der Waals surface area contributed by atoms with Gasteiger partial charge in [0.05, 0.1) is 31.8 Å². The van der Waals surface area contributed by atoms with Gasteiger partial charge in [0, 0.05) is 0 Å². The molecule has 0 radical (unpaired) electrons. The monoisotopic (exact) mass is 817 g/mol. The van der Waals surface area contributed by atoms with Gasteiger partial charge in [-0.15, -0.1) is 4.17 Å². The van der Waals surface area contributed by atoms with Crippen LogP contribution in [0.4, 0.5) is 0 Å². The Kier molecular flexibility index (Phi) is 12.4. The molecular weight excluding hydrogens is 776 g/mol. The Morgan fingerprint density at radius 3 is 0.863 bits per heavy atom. The minimum Gasteiger partial charge on any atom is -0.148 e. The minimum absolute atomic E-state index is 0.280. The molecule has 6 heteroatoms. The van der Waals surface area contributed by atoms with E-state index in [0.29, 0.717) is 0 Å². The molecule has 51 heavy (non-hydrogen) atoms. The Hall–Kier alpha value is -4.63. The van der Waals surface area contributed by atoms with E-state index < -0.39 is 41.0 Å². The third-order valence-electron chi connectivity index (χ3n) is 8.44. The number of carbonyl (C=O) groups is 1. The molecule has 0 saturated heterocycles. The maximum absolute atomic E-state index is 10.4. The topological polar surface area (TPSA) is 54.2 Å². The molecule has 0 saturated carbocycles. The van der Waals surface area contributed by atoms with E-state index in [4.69, 9.17) is 4.17 Å². The molecule has 252 valence electrons. The van der Waals surface area contributed by atoms with E-state index in [2.05, 4.69) is 182 Å². The van der Waals surface area contributed by atoms with Crippen molar-refractivity contribution in [2.75, 3.05) is 0 Å². The first-order valence-corrected chi connectivity index (χ1v) is 22.8. The second kappa shape index (κ2) is 17.5. The molecule has 0 aliphatic carbocycles. The van der Waals surface area contributed by atoms with Crippen molar-refractivity contribution in [2.24, 2.45) is 0 Å². The first-order chi connectivity index (χ1) is 25.0. The number of carbonyl (C=O) groups excluding carboxylic acids is 1. The van der Waals surface area contributed by atoms with Crippen LogP contribution in [0.15, 0.2) is 212 Å². The van der Waals surface area contributed by atoms with Gasteiger partial charge in [0.1, 0.15) is 0 Å².